The molecule has 3 nitrogen and oxygen atoms in total. The number of ether oxygens (including phenoxy) is 2. The van der Waals surface area contributed by atoms with Gasteiger partial charge in [-0.15, -0.1) is 0 Å². The van der Waals surface area contributed by atoms with E-state index in [1.807, 2.05) is 25.1 Å². The molecule has 2 N–H and O–H groups in total. The molecule has 2 rings (SSSR count). The first kappa shape index (κ1) is 10.3. The largest absolute Gasteiger partial charge is 0.489 e. The van der Waals surface area contributed by atoms with E-state index in [4.69, 9.17) is 15.2 Å². The van der Waals surface area contributed by atoms with Gasteiger partial charge in [-0.25, -0.2) is 0 Å². The van der Waals surface area contributed by atoms with Gasteiger partial charge in [0.1, 0.15) is 0 Å². The number of hydrogen-bond donors (Lipinski definition) is 1. The highest BCUT2D eigenvalue weighted by Crippen LogP contribution is 2.32. The van der Waals surface area contributed by atoms with Crippen molar-refractivity contribution in [3.63, 3.8) is 0 Å². The normalized spacial score (nSPS) is 21.9. The molecule has 0 radical (unpaired) electrons. The SMILES string of the molecule is CC1COc2ccc(C(C)N)cc2OC1. The van der Waals surface area contributed by atoms with E-state index in [9.17, 15) is 0 Å². The van der Waals surface area contributed by atoms with Crippen molar-refractivity contribution in [1.82, 2.24) is 0 Å². The second-order valence-corrected chi connectivity index (χ2v) is 4.22. The number of nitrogens with two attached hydrogens (primary N) is 1. The van der Waals surface area contributed by atoms with Crippen LogP contribution in [0.4, 0.5) is 0 Å². The van der Waals surface area contributed by atoms with Gasteiger partial charge in [0.25, 0.3) is 0 Å². The monoisotopic (exact) mass is 207 g/mol. The molecule has 2 unspecified atom stereocenters. The molecule has 2 atom stereocenters. The van der Waals surface area contributed by atoms with Crippen LogP contribution in [0.1, 0.15) is 25.5 Å². The van der Waals surface area contributed by atoms with Gasteiger partial charge in [-0.1, -0.05) is 13.0 Å². The summed E-state index contributed by atoms with van der Waals surface area (Å²) in [5, 5.41) is 0. The van der Waals surface area contributed by atoms with Gasteiger partial charge in [0, 0.05) is 12.0 Å². The van der Waals surface area contributed by atoms with Gasteiger partial charge in [-0.05, 0) is 24.6 Å². The molecule has 1 aromatic rings. The Morgan fingerprint density at radius 1 is 1.27 bits per heavy atom. The molecule has 0 saturated carbocycles. The lowest BCUT2D eigenvalue weighted by molar-refractivity contribution is 0.228. The van der Waals surface area contributed by atoms with Crippen LogP contribution in [-0.2, 0) is 0 Å². The van der Waals surface area contributed by atoms with Crippen molar-refractivity contribution < 1.29 is 9.47 Å². The van der Waals surface area contributed by atoms with Crippen molar-refractivity contribution in [3.8, 4) is 11.5 Å². The minimum atomic E-state index is 0.0274. The standard InChI is InChI=1S/C12H17NO2/c1-8-6-14-11-4-3-10(9(2)13)5-12(11)15-7-8/h3-5,8-9H,6-7,13H2,1-2H3. The first-order valence-corrected chi connectivity index (χ1v) is 5.32. The van der Waals surface area contributed by atoms with E-state index in [-0.39, 0.29) is 6.04 Å². The Hall–Kier alpha value is -1.22. The number of hydrogen-bond acceptors (Lipinski definition) is 3. The van der Waals surface area contributed by atoms with E-state index in [1.54, 1.807) is 0 Å². The highest BCUT2D eigenvalue weighted by molar-refractivity contribution is 5.44. The van der Waals surface area contributed by atoms with Gasteiger partial charge < -0.3 is 15.2 Å². The molecule has 0 spiro atoms. The average molecular weight is 207 g/mol. The molecule has 0 aliphatic carbocycles. The smallest absolute Gasteiger partial charge is 0.161 e. The maximum atomic E-state index is 5.82. The van der Waals surface area contributed by atoms with Gasteiger partial charge >= 0.3 is 0 Å². The molecule has 3 heteroatoms. The molecule has 1 heterocycles. The third-order valence-corrected chi connectivity index (χ3v) is 2.54. The van der Waals surface area contributed by atoms with Crippen LogP contribution < -0.4 is 15.2 Å². The zero-order valence-corrected chi connectivity index (χ0v) is 9.19. The summed E-state index contributed by atoms with van der Waals surface area (Å²) in [5.41, 5.74) is 6.89. The average Bonchev–Trinajstić information content (AvgIpc) is 2.40. The fourth-order valence-electron chi connectivity index (χ4n) is 1.55. The minimum absolute atomic E-state index is 0.0274. The lowest BCUT2D eigenvalue weighted by atomic mass is 10.1. The van der Waals surface area contributed by atoms with Gasteiger partial charge in [-0.2, -0.15) is 0 Å². The quantitative estimate of drug-likeness (QED) is 0.767. The molecular weight excluding hydrogens is 190 g/mol. The summed E-state index contributed by atoms with van der Waals surface area (Å²) >= 11 is 0. The van der Waals surface area contributed by atoms with E-state index in [1.165, 1.54) is 0 Å². The number of benzene rings is 1. The third-order valence-electron chi connectivity index (χ3n) is 2.54. The van der Waals surface area contributed by atoms with Crippen LogP contribution in [0.5, 0.6) is 11.5 Å². The third kappa shape index (κ3) is 2.23. The van der Waals surface area contributed by atoms with Crippen LogP contribution in [-0.4, -0.2) is 13.2 Å². The highest BCUT2D eigenvalue weighted by Gasteiger charge is 2.15. The lowest BCUT2D eigenvalue weighted by Gasteiger charge is -2.11. The van der Waals surface area contributed by atoms with E-state index < -0.39 is 0 Å². The first-order chi connectivity index (χ1) is 7.16. The van der Waals surface area contributed by atoms with Gasteiger partial charge in [-0.3, -0.25) is 0 Å². The van der Waals surface area contributed by atoms with Crippen LogP contribution in [0.25, 0.3) is 0 Å². The van der Waals surface area contributed by atoms with Gasteiger partial charge in [0.2, 0.25) is 0 Å². The molecule has 1 aromatic carbocycles. The van der Waals surface area contributed by atoms with Gasteiger partial charge in [0.05, 0.1) is 13.2 Å². The first-order valence-electron chi connectivity index (χ1n) is 5.32. The van der Waals surface area contributed by atoms with E-state index in [0.29, 0.717) is 19.1 Å². The van der Waals surface area contributed by atoms with Crippen molar-refractivity contribution in [3.05, 3.63) is 23.8 Å². The van der Waals surface area contributed by atoms with Crippen LogP contribution in [0, 0.1) is 5.92 Å². The van der Waals surface area contributed by atoms with E-state index in [0.717, 1.165) is 17.1 Å². The molecule has 0 bridgehead atoms. The van der Waals surface area contributed by atoms with E-state index in [2.05, 4.69) is 6.92 Å². The highest BCUT2D eigenvalue weighted by atomic mass is 16.5. The van der Waals surface area contributed by atoms with Crippen molar-refractivity contribution in [1.29, 1.82) is 0 Å². The molecule has 15 heavy (non-hydrogen) atoms. The topological polar surface area (TPSA) is 44.5 Å². The molecule has 1 aliphatic heterocycles. The zero-order valence-electron chi connectivity index (χ0n) is 9.19. The zero-order chi connectivity index (χ0) is 10.8. The van der Waals surface area contributed by atoms with Crippen molar-refractivity contribution >= 4 is 0 Å². The Labute approximate surface area is 90.2 Å². The van der Waals surface area contributed by atoms with E-state index >= 15 is 0 Å². The van der Waals surface area contributed by atoms with Crippen molar-refractivity contribution in [2.24, 2.45) is 11.7 Å². The second-order valence-electron chi connectivity index (χ2n) is 4.22. The molecule has 0 amide bonds. The summed E-state index contributed by atoms with van der Waals surface area (Å²) in [6, 6.07) is 5.92. The summed E-state index contributed by atoms with van der Waals surface area (Å²) in [6.07, 6.45) is 0. The summed E-state index contributed by atoms with van der Waals surface area (Å²) in [7, 11) is 0. The Bertz CT molecular complexity index is 349. The minimum Gasteiger partial charge on any atom is -0.489 e. The fraction of sp³-hybridized carbons (Fsp3) is 0.500. The Balaban J connectivity index is 2.28. The molecule has 0 fully saturated rings. The van der Waals surface area contributed by atoms with Crippen molar-refractivity contribution in [2.75, 3.05) is 13.2 Å². The Morgan fingerprint density at radius 2 is 1.93 bits per heavy atom. The fourth-order valence-corrected chi connectivity index (χ4v) is 1.55. The Morgan fingerprint density at radius 3 is 2.60 bits per heavy atom. The second kappa shape index (κ2) is 4.11. The molecule has 0 aromatic heterocycles. The predicted octanol–water partition coefficient (Wildman–Crippen LogP) is 2.11. The van der Waals surface area contributed by atoms with Crippen LogP contribution in [0.2, 0.25) is 0 Å². The maximum absolute atomic E-state index is 5.82. The summed E-state index contributed by atoms with van der Waals surface area (Å²) in [5.74, 6) is 2.06. The van der Waals surface area contributed by atoms with Crippen LogP contribution in [0.3, 0.4) is 0 Å². The molecule has 0 saturated heterocycles. The predicted molar refractivity (Wildman–Crippen MR) is 59.2 cm³/mol. The Kier molecular flexibility index (Phi) is 2.82. The maximum Gasteiger partial charge on any atom is 0.161 e. The number of fused-ring (bicyclic) bond motifs is 1. The lowest BCUT2D eigenvalue weighted by Crippen LogP contribution is -2.12. The molecule has 82 valence electrons. The number of rotatable bonds is 1. The summed E-state index contributed by atoms with van der Waals surface area (Å²) < 4.78 is 11.3. The summed E-state index contributed by atoms with van der Waals surface area (Å²) in [6.45, 7) is 5.49. The molecule has 1 aliphatic rings. The van der Waals surface area contributed by atoms with Crippen molar-refractivity contribution in [2.45, 2.75) is 19.9 Å². The van der Waals surface area contributed by atoms with Crippen LogP contribution >= 0.6 is 0 Å². The van der Waals surface area contributed by atoms with Crippen LogP contribution in [0.15, 0.2) is 18.2 Å². The molecular formula is C12H17NO2. The summed E-state index contributed by atoms with van der Waals surface area (Å²) in [4.78, 5) is 0. The van der Waals surface area contributed by atoms with Gasteiger partial charge in [0.15, 0.2) is 11.5 Å².